The summed E-state index contributed by atoms with van der Waals surface area (Å²) in [4.78, 5) is 18.4. The molecule has 0 saturated heterocycles. The Hall–Kier alpha value is -1.98. The molecule has 1 heterocycles. The molecule has 6 nitrogen and oxygen atoms in total. The summed E-state index contributed by atoms with van der Waals surface area (Å²) >= 11 is 0. The van der Waals surface area contributed by atoms with Gasteiger partial charge in [-0.2, -0.15) is 0 Å². The Labute approximate surface area is 139 Å². The summed E-state index contributed by atoms with van der Waals surface area (Å²) in [5.74, 6) is 1.65. The van der Waals surface area contributed by atoms with E-state index >= 15 is 0 Å². The maximum Gasteiger partial charge on any atom is 0.240 e. The maximum absolute atomic E-state index is 12.1. The average molecular weight is 322 g/mol. The number of guanidine groups is 1. The van der Waals surface area contributed by atoms with Crippen LogP contribution in [-0.2, 0) is 11.2 Å². The van der Waals surface area contributed by atoms with E-state index in [4.69, 9.17) is 4.42 Å². The lowest BCUT2D eigenvalue weighted by Gasteiger charge is -2.25. The third-order valence-corrected chi connectivity index (χ3v) is 2.98. The molecule has 1 aromatic rings. The number of nitrogens with zero attached hydrogens (tertiary/aromatic N) is 2. The van der Waals surface area contributed by atoms with Crippen LogP contribution < -0.4 is 10.6 Å². The number of carbonyl (C=O) groups excluding carboxylic acids is 1. The molecule has 0 unspecified atom stereocenters. The van der Waals surface area contributed by atoms with Gasteiger partial charge in [0.1, 0.15) is 5.76 Å². The van der Waals surface area contributed by atoms with Crippen LogP contribution in [0.1, 0.15) is 39.9 Å². The molecular formula is C17H30N4O2. The molecule has 0 spiro atoms. The Morgan fingerprint density at radius 3 is 2.70 bits per heavy atom. The molecule has 0 aliphatic carbocycles. The molecule has 0 atom stereocenters. The zero-order valence-corrected chi connectivity index (χ0v) is 15.0. The fourth-order valence-corrected chi connectivity index (χ4v) is 2.03. The van der Waals surface area contributed by atoms with Gasteiger partial charge in [-0.05, 0) is 39.3 Å². The van der Waals surface area contributed by atoms with E-state index in [-0.39, 0.29) is 18.0 Å². The molecular weight excluding hydrogens is 292 g/mol. The van der Waals surface area contributed by atoms with Gasteiger partial charge in [0.05, 0.1) is 12.8 Å². The minimum Gasteiger partial charge on any atom is -0.469 e. The molecule has 0 aliphatic rings. The number of carbonyl (C=O) groups is 1. The Balaban J connectivity index is 2.53. The van der Waals surface area contributed by atoms with Gasteiger partial charge in [-0.3, -0.25) is 9.79 Å². The highest BCUT2D eigenvalue weighted by Gasteiger charge is 2.16. The van der Waals surface area contributed by atoms with E-state index in [1.807, 2.05) is 44.9 Å². The van der Waals surface area contributed by atoms with E-state index < -0.39 is 0 Å². The molecule has 0 aromatic carbocycles. The number of aliphatic imine (C=N–C) groups is 1. The van der Waals surface area contributed by atoms with Crippen LogP contribution in [0.15, 0.2) is 27.8 Å². The van der Waals surface area contributed by atoms with Crippen molar-refractivity contribution in [3.63, 3.8) is 0 Å². The summed E-state index contributed by atoms with van der Waals surface area (Å²) in [6, 6.07) is 3.83. The first-order valence-corrected chi connectivity index (χ1v) is 8.14. The quantitative estimate of drug-likeness (QED) is 0.595. The molecule has 0 saturated carbocycles. The van der Waals surface area contributed by atoms with E-state index in [0.717, 1.165) is 31.1 Å². The minimum absolute atomic E-state index is 0.0166. The first-order chi connectivity index (χ1) is 10.8. The second-order valence-electron chi connectivity index (χ2n) is 6.62. The molecule has 6 heteroatoms. The summed E-state index contributed by atoms with van der Waals surface area (Å²) in [5, 5.41) is 6.26. The van der Waals surface area contributed by atoms with Crippen molar-refractivity contribution in [1.82, 2.24) is 15.5 Å². The van der Waals surface area contributed by atoms with Crippen LogP contribution in [0.3, 0.4) is 0 Å². The molecule has 1 amide bonds. The number of nitrogens with one attached hydrogen (secondary N) is 2. The highest BCUT2D eigenvalue weighted by molar-refractivity contribution is 5.86. The van der Waals surface area contributed by atoms with E-state index in [0.29, 0.717) is 6.54 Å². The van der Waals surface area contributed by atoms with E-state index in [9.17, 15) is 4.79 Å². The number of hydrogen-bond donors (Lipinski definition) is 2. The lowest BCUT2D eigenvalue weighted by molar-refractivity contribution is -0.122. The number of rotatable bonds is 7. The van der Waals surface area contributed by atoms with Gasteiger partial charge in [0.2, 0.25) is 5.91 Å². The largest absolute Gasteiger partial charge is 0.469 e. The second kappa shape index (κ2) is 9.22. The second-order valence-corrected chi connectivity index (χ2v) is 6.62. The van der Waals surface area contributed by atoms with Gasteiger partial charge in [-0.25, -0.2) is 0 Å². The molecule has 0 bridgehead atoms. The Morgan fingerprint density at radius 2 is 2.13 bits per heavy atom. The van der Waals surface area contributed by atoms with Crippen molar-refractivity contribution >= 4 is 11.9 Å². The molecule has 0 radical (unpaired) electrons. The smallest absolute Gasteiger partial charge is 0.240 e. The van der Waals surface area contributed by atoms with Crippen LogP contribution in [-0.4, -0.2) is 49.0 Å². The molecule has 23 heavy (non-hydrogen) atoms. The number of likely N-dealkylation sites (N-methyl/N-ethyl adjacent to an activating group) is 1. The highest BCUT2D eigenvalue weighted by Crippen LogP contribution is 2.01. The van der Waals surface area contributed by atoms with Crippen LogP contribution in [0.4, 0.5) is 0 Å². The zero-order chi connectivity index (χ0) is 17.3. The first-order valence-electron chi connectivity index (χ1n) is 8.14. The van der Waals surface area contributed by atoms with Crippen LogP contribution in [0, 0.1) is 0 Å². The number of amides is 1. The Kier molecular flexibility index (Phi) is 7.65. The standard InChI is InChI=1S/C17H30N4O2/c1-6-10-18-16(19-11-9-14-8-7-12-23-14)21(5)13-15(22)20-17(2,3)4/h7-8,12H,6,9-11,13H2,1-5H3,(H,18,19)(H,20,22). The predicted octanol–water partition coefficient (Wildman–Crippen LogP) is 2.02. The summed E-state index contributed by atoms with van der Waals surface area (Å²) < 4.78 is 5.32. The van der Waals surface area contributed by atoms with Gasteiger partial charge >= 0.3 is 0 Å². The van der Waals surface area contributed by atoms with Gasteiger partial charge in [-0.1, -0.05) is 6.92 Å². The molecule has 1 aromatic heterocycles. The van der Waals surface area contributed by atoms with Gasteiger partial charge in [0.15, 0.2) is 5.96 Å². The lowest BCUT2D eigenvalue weighted by Crippen LogP contribution is -2.49. The monoisotopic (exact) mass is 322 g/mol. The highest BCUT2D eigenvalue weighted by atomic mass is 16.3. The van der Waals surface area contributed by atoms with Crippen molar-refractivity contribution in [1.29, 1.82) is 0 Å². The van der Waals surface area contributed by atoms with E-state index in [1.165, 1.54) is 0 Å². The van der Waals surface area contributed by atoms with E-state index in [2.05, 4.69) is 22.5 Å². The molecule has 1 rings (SSSR count). The zero-order valence-electron chi connectivity index (χ0n) is 15.0. The van der Waals surface area contributed by atoms with Crippen molar-refractivity contribution in [3.8, 4) is 0 Å². The van der Waals surface area contributed by atoms with Gasteiger partial charge in [0, 0.05) is 32.1 Å². The summed E-state index contributed by atoms with van der Waals surface area (Å²) in [5.41, 5.74) is -0.231. The minimum atomic E-state index is -0.231. The van der Waals surface area contributed by atoms with Crippen LogP contribution >= 0.6 is 0 Å². The fourth-order valence-electron chi connectivity index (χ4n) is 2.03. The number of furan rings is 1. The molecule has 0 fully saturated rings. The van der Waals surface area contributed by atoms with Gasteiger partial charge < -0.3 is 20.0 Å². The van der Waals surface area contributed by atoms with Crippen molar-refractivity contribution < 1.29 is 9.21 Å². The van der Waals surface area contributed by atoms with E-state index in [1.54, 1.807) is 6.26 Å². The SMILES string of the molecule is CCCN=C(NCCc1ccco1)N(C)CC(=O)NC(C)(C)C. The first kappa shape index (κ1) is 19.1. The third-order valence-electron chi connectivity index (χ3n) is 2.98. The predicted molar refractivity (Wildman–Crippen MR) is 93.5 cm³/mol. The fraction of sp³-hybridized carbons (Fsp3) is 0.647. The lowest BCUT2D eigenvalue weighted by atomic mass is 10.1. The Bertz CT molecular complexity index is 489. The Morgan fingerprint density at radius 1 is 1.39 bits per heavy atom. The van der Waals surface area contributed by atoms with Crippen molar-refractivity contribution in [2.24, 2.45) is 4.99 Å². The molecule has 130 valence electrons. The van der Waals surface area contributed by atoms with Gasteiger partial charge in [-0.15, -0.1) is 0 Å². The normalized spacial score (nSPS) is 12.1. The molecule has 0 aliphatic heterocycles. The summed E-state index contributed by atoms with van der Waals surface area (Å²) in [6.45, 7) is 9.70. The van der Waals surface area contributed by atoms with Crippen molar-refractivity contribution in [3.05, 3.63) is 24.2 Å². The summed E-state index contributed by atoms with van der Waals surface area (Å²) in [6.07, 6.45) is 3.41. The number of hydrogen-bond acceptors (Lipinski definition) is 3. The molecule has 2 N–H and O–H groups in total. The summed E-state index contributed by atoms with van der Waals surface area (Å²) in [7, 11) is 1.87. The van der Waals surface area contributed by atoms with Crippen molar-refractivity contribution in [2.75, 3.05) is 26.7 Å². The topological polar surface area (TPSA) is 69.9 Å². The van der Waals surface area contributed by atoms with Gasteiger partial charge in [0.25, 0.3) is 0 Å². The van der Waals surface area contributed by atoms with Crippen LogP contribution in [0.2, 0.25) is 0 Å². The third kappa shape index (κ3) is 8.28. The van der Waals surface area contributed by atoms with Crippen LogP contribution in [0.5, 0.6) is 0 Å². The van der Waals surface area contributed by atoms with Crippen molar-refractivity contribution in [2.45, 2.75) is 46.1 Å². The van der Waals surface area contributed by atoms with Crippen LogP contribution in [0.25, 0.3) is 0 Å². The average Bonchev–Trinajstić information content (AvgIpc) is 2.93. The maximum atomic E-state index is 12.1.